The van der Waals surface area contributed by atoms with Gasteiger partial charge in [-0.05, 0) is 42.1 Å². The monoisotopic (exact) mass is 469 g/mol. The largest absolute Gasteiger partial charge is 0.347 e. The van der Waals surface area contributed by atoms with Crippen molar-refractivity contribution in [3.05, 3.63) is 112 Å². The van der Waals surface area contributed by atoms with Crippen molar-refractivity contribution in [2.24, 2.45) is 0 Å². The zero-order valence-electron chi connectivity index (χ0n) is 18.6. The second-order valence-corrected chi connectivity index (χ2v) is 9.76. The van der Waals surface area contributed by atoms with Gasteiger partial charge in [-0.15, -0.1) is 11.3 Å². The lowest BCUT2D eigenvalue weighted by Crippen LogP contribution is -2.23. The molecule has 5 aromatic rings. The molecule has 0 atom stereocenters. The fraction of sp³-hybridized carbons (Fsp3) is 0.143. The summed E-state index contributed by atoms with van der Waals surface area (Å²) in [7, 11) is 0. The molecule has 0 fully saturated rings. The molecule has 5 rings (SSSR count). The summed E-state index contributed by atoms with van der Waals surface area (Å²) in [6.07, 6.45) is 0. The zero-order chi connectivity index (χ0) is 22.8. The van der Waals surface area contributed by atoms with E-state index in [0.717, 1.165) is 29.1 Å². The molecular weight excluding hydrogens is 446 g/mol. The molecule has 0 aliphatic rings. The van der Waals surface area contributed by atoms with E-state index in [1.54, 1.807) is 11.3 Å². The van der Waals surface area contributed by atoms with E-state index in [1.165, 1.54) is 32.7 Å². The molecule has 0 saturated carbocycles. The summed E-state index contributed by atoms with van der Waals surface area (Å²) in [6, 6.07) is 29.7. The standard InChI is InChI=1S/C28H24ClN3S/c1-19-13-15-23(16-14-19)24-20(2)33-27-25(24)26(30-28(29)31-27)32(17-21-9-5-3-6-10-21)18-22-11-7-4-8-12-22/h3-16H,17-18H2,1-2H3. The van der Waals surface area contributed by atoms with Crippen LogP contribution in [0.1, 0.15) is 21.6 Å². The van der Waals surface area contributed by atoms with Crippen LogP contribution in [0.15, 0.2) is 84.9 Å². The van der Waals surface area contributed by atoms with Gasteiger partial charge in [-0.2, -0.15) is 4.98 Å². The second kappa shape index (κ2) is 9.34. The van der Waals surface area contributed by atoms with E-state index in [9.17, 15) is 0 Å². The Balaban J connectivity index is 1.70. The number of aryl methyl sites for hydroxylation is 2. The molecule has 3 aromatic carbocycles. The molecule has 0 spiro atoms. The van der Waals surface area contributed by atoms with Crippen LogP contribution >= 0.6 is 22.9 Å². The Labute approximate surface area is 203 Å². The number of anilines is 1. The molecule has 0 bridgehead atoms. The van der Waals surface area contributed by atoms with E-state index in [2.05, 4.69) is 96.5 Å². The van der Waals surface area contributed by atoms with Crippen molar-refractivity contribution in [2.45, 2.75) is 26.9 Å². The van der Waals surface area contributed by atoms with Crippen LogP contribution in [-0.4, -0.2) is 9.97 Å². The van der Waals surface area contributed by atoms with Gasteiger partial charge in [0.1, 0.15) is 10.6 Å². The zero-order valence-corrected chi connectivity index (χ0v) is 20.2. The quantitative estimate of drug-likeness (QED) is 0.237. The number of halogens is 1. The predicted molar refractivity (Wildman–Crippen MR) is 140 cm³/mol. The van der Waals surface area contributed by atoms with E-state index in [4.69, 9.17) is 16.6 Å². The minimum absolute atomic E-state index is 0.278. The minimum Gasteiger partial charge on any atom is -0.347 e. The van der Waals surface area contributed by atoms with Crippen molar-refractivity contribution in [2.75, 3.05) is 4.90 Å². The molecule has 0 N–H and O–H groups in total. The van der Waals surface area contributed by atoms with Crippen LogP contribution < -0.4 is 4.90 Å². The maximum absolute atomic E-state index is 6.46. The Morgan fingerprint density at radius 3 is 1.91 bits per heavy atom. The maximum atomic E-state index is 6.46. The molecule has 33 heavy (non-hydrogen) atoms. The average Bonchev–Trinajstić information content (AvgIpc) is 3.15. The van der Waals surface area contributed by atoms with E-state index in [1.807, 2.05) is 12.1 Å². The van der Waals surface area contributed by atoms with Crippen LogP contribution in [-0.2, 0) is 13.1 Å². The smallest absolute Gasteiger partial charge is 0.225 e. The van der Waals surface area contributed by atoms with Gasteiger partial charge >= 0.3 is 0 Å². The van der Waals surface area contributed by atoms with Crippen LogP contribution in [0.25, 0.3) is 21.3 Å². The van der Waals surface area contributed by atoms with Crippen LogP contribution in [0.2, 0.25) is 5.28 Å². The van der Waals surface area contributed by atoms with Gasteiger partial charge in [0.25, 0.3) is 0 Å². The molecule has 3 nitrogen and oxygen atoms in total. The fourth-order valence-corrected chi connectivity index (χ4v) is 5.43. The highest BCUT2D eigenvalue weighted by atomic mass is 35.5. The number of hydrogen-bond donors (Lipinski definition) is 0. The van der Waals surface area contributed by atoms with Crippen LogP contribution in [0.5, 0.6) is 0 Å². The van der Waals surface area contributed by atoms with E-state index in [0.29, 0.717) is 0 Å². The first kappa shape index (κ1) is 21.6. The summed E-state index contributed by atoms with van der Waals surface area (Å²) in [5, 5.41) is 1.35. The van der Waals surface area contributed by atoms with E-state index < -0.39 is 0 Å². The van der Waals surface area contributed by atoms with Gasteiger partial charge < -0.3 is 4.90 Å². The van der Waals surface area contributed by atoms with Crippen LogP contribution in [0, 0.1) is 13.8 Å². The Morgan fingerprint density at radius 2 is 1.33 bits per heavy atom. The number of thiophene rings is 1. The molecule has 2 aromatic heterocycles. The molecule has 0 unspecified atom stereocenters. The highest BCUT2D eigenvalue weighted by Gasteiger charge is 2.22. The summed E-state index contributed by atoms with van der Waals surface area (Å²) >= 11 is 8.13. The van der Waals surface area contributed by atoms with Gasteiger partial charge in [0.15, 0.2) is 0 Å². The minimum atomic E-state index is 0.278. The Hall–Kier alpha value is -3.21. The Bertz CT molecular complexity index is 1340. The van der Waals surface area contributed by atoms with E-state index in [-0.39, 0.29) is 5.28 Å². The van der Waals surface area contributed by atoms with Gasteiger partial charge in [-0.3, -0.25) is 0 Å². The van der Waals surface area contributed by atoms with Crippen molar-refractivity contribution in [1.29, 1.82) is 0 Å². The lowest BCUT2D eigenvalue weighted by atomic mass is 10.0. The van der Waals surface area contributed by atoms with Crippen LogP contribution in [0.3, 0.4) is 0 Å². The highest BCUT2D eigenvalue weighted by Crippen LogP contribution is 2.43. The van der Waals surface area contributed by atoms with Crippen molar-refractivity contribution in [1.82, 2.24) is 9.97 Å². The summed E-state index contributed by atoms with van der Waals surface area (Å²) in [5.74, 6) is 0.873. The summed E-state index contributed by atoms with van der Waals surface area (Å²) in [6.45, 7) is 5.71. The Morgan fingerprint density at radius 1 is 0.758 bits per heavy atom. The van der Waals surface area contributed by atoms with Crippen LogP contribution in [0.4, 0.5) is 5.82 Å². The van der Waals surface area contributed by atoms with Gasteiger partial charge in [-0.25, -0.2) is 4.98 Å². The molecule has 0 aliphatic carbocycles. The lowest BCUT2D eigenvalue weighted by Gasteiger charge is -2.25. The lowest BCUT2D eigenvalue weighted by molar-refractivity contribution is 0.786. The number of aromatic nitrogens is 2. The van der Waals surface area contributed by atoms with Gasteiger partial charge in [-0.1, -0.05) is 90.5 Å². The van der Waals surface area contributed by atoms with Crippen molar-refractivity contribution in [3.63, 3.8) is 0 Å². The van der Waals surface area contributed by atoms with Crippen molar-refractivity contribution < 1.29 is 0 Å². The molecule has 0 radical (unpaired) electrons. The Kier molecular flexibility index (Phi) is 6.12. The summed E-state index contributed by atoms with van der Waals surface area (Å²) in [4.78, 5) is 13.8. The van der Waals surface area contributed by atoms with Gasteiger partial charge in [0, 0.05) is 23.5 Å². The number of hydrogen-bond acceptors (Lipinski definition) is 4. The SMILES string of the molecule is Cc1ccc(-c2c(C)sc3nc(Cl)nc(N(Cc4ccccc4)Cc4ccccc4)c23)cc1. The first-order valence-electron chi connectivity index (χ1n) is 10.9. The molecule has 0 saturated heterocycles. The molecule has 164 valence electrons. The molecule has 2 heterocycles. The topological polar surface area (TPSA) is 29.0 Å². The average molecular weight is 470 g/mol. The normalized spacial score (nSPS) is 11.1. The first-order valence-corrected chi connectivity index (χ1v) is 12.1. The predicted octanol–water partition coefficient (Wildman–Crippen LogP) is 7.84. The summed E-state index contributed by atoms with van der Waals surface area (Å²) < 4.78 is 0. The van der Waals surface area contributed by atoms with E-state index >= 15 is 0 Å². The van der Waals surface area contributed by atoms with Crippen molar-refractivity contribution in [3.8, 4) is 11.1 Å². The third-order valence-corrected chi connectivity index (χ3v) is 6.92. The van der Waals surface area contributed by atoms with Gasteiger partial charge in [0.2, 0.25) is 5.28 Å². The highest BCUT2D eigenvalue weighted by molar-refractivity contribution is 7.19. The fourth-order valence-electron chi connectivity index (χ4n) is 4.18. The number of rotatable bonds is 6. The van der Waals surface area contributed by atoms with Crippen molar-refractivity contribution >= 4 is 39.0 Å². The third kappa shape index (κ3) is 4.63. The number of nitrogens with zero attached hydrogens (tertiary/aromatic N) is 3. The number of fused-ring (bicyclic) bond motifs is 1. The molecular formula is C28H24ClN3S. The molecule has 5 heteroatoms. The molecule has 0 amide bonds. The maximum Gasteiger partial charge on any atom is 0.225 e. The molecule has 0 aliphatic heterocycles. The second-order valence-electron chi connectivity index (χ2n) is 8.22. The third-order valence-electron chi connectivity index (χ3n) is 5.75. The van der Waals surface area contributed by atoms with Gasteiger partial charge in [0.05, 0.1) is 5.39 Å². The first-order chi connectivity index (χ1) is 16.1. The number of benzene rings is 3. The summed E-state index contributed by atoms with van der Waals surface area (Å²) in [5.41, 5.74) is 6.05.